The maximum atomic E-state index is 13.0. The summed E-state index contributed by atoms with van der Waals surface area (Å²) in [6.45, 7) is 15.2. The standard InChI is InChI=1S/C23H32O8/c1-7-28-19(24)17-14(6)13(5)15-11-23(21(26)30-9-3,22(27)31-10-4)12-16(15)18(17)20(25)29-8-2/h15-18H,5-12H2,1-4H3/t15-,16+,17+,18-/m0/s1. The van der Waals surface area contributed by atoms with Crippen LogP contribution in [0.4, 0.5) is 0 Å². The number of hydrogen-bond acceptors (Lipinski definition) is 8. The van der Waals surface area contributed by atoms with E-state index in [1.807, 2.05) is 0 Å². The molecule has 2 aliphatic rings. The Bertz CT molecular complexity index is 750. The third-order valence-electron chi connectivity index (χ3n) is 6.16. The lowest BCUT2D eigenvalue weighted by Gasteiger charge is -2.40. The third kappa shape index (κ3) is 4.38. The molecule has 0 unspecified atom stereocenters. The normalized spacial score (nSPS) is 26.6. The van der Waals surface area contributed by atoms with Crippen molar-refractivity contribution in [2.45, 2.75) is 40.5 Å². The fourth-order valence-corrected chi connectivity index (χ4v) is 4.84. The van der Waals surface area contributed by atoms with E-state index in [1.165, 1.54) is 0 Å². The first-order chi connectivity index (χ1) is 14.7. The molecule has 31 heavy (non-hydrogen) atoms. The fraction of sp³-hybridized carbons (Fsp3) is 0.652. The molecule has 2 aliphatic carbocycles. The Morgan fingerprint density at radius 3 is 1.74 bits per heavy atom. The van der Waals surface area contributed by atoms with Gasteiger partial charge in [-0.25, -0.2) is 0 Å². The van der Waals surface area contributed by atoms with E-state index in [4.69, 9.17) is 18.9 Å². The van der Waals surface area contributed by atoms with E-state index >= 15 is 0 Å². The summed E-state index contributed by atoms with van der Waals surface area (Å²) in [6, 6.07) is 0. The molecule has 0 aliphatic heterocycles. The van der Waals surface area contributed by atoms with E-state index in [0.29, 0.717) is 11.1 Å². The van der Waals surface area contributed by atoms with Gasteiger partial charge in [-0.1, -0.05) is 13.2 Å². The zero-order valence-corrected chi connectivity index (χ0v) is 18.7. The zero-order chi connectivity index (χ0) is 23.3. The summed E-state index contributed by atoms with van der Waals surface area (Å²) in [4.78, 5) is 51.7. The maximum Gasteiger partial charge on any atom is 0.323 e. The largest absolute Gasteiger partial charge is 0.466 e. The van der Waals surface area contributed by atoms with Crippen LogP contribution in [0.5, 0.6) is 0 Å². The number of carbonyl (C=O) groups is 4. The number of ether oxygens (including phenoxy) is 4. The minimum atomic E-state index is -1.58. The molecule has 0 saturated heterocycles. The first-order valence-electron chi connectivity index (χ1n) is 10.8. The van der Waals surface area contributed by atoms with Gasteiger partial charge in [0.2, 0.25) is 0 Å². The van der Waals surface area contributed by atoms with Gasteiger partial charge in [0.1, 0.15) is 0 Å². The summed E-state index contributed by atoms with van der Waals surface area (Å²) in [5, 5.41) is 0. The molecule has 0 heterocycles. The highest BCUT2D eigenvalue weighted by Gasteiger charge is 2.64. The first-order valence-corrected chi connectivity index (χ1v) is 10.8. The van der Waals surface area contributed by atoms with Crippen LogP contribution in [0.2, 0.25) is 0 Å². The quantitative estimate of drug-likeness (QED) is 0.325. The molecule has 0 aromatic heterocycles. The van der Waals surface area contributed by atoms with Crippen LogP contribution in [0.1, 0.15) is 40.5 Å². The van der Waals surface area contributed by atoms with Gasteiger partial charge >= 0.3 is 23.9 Å². The molecule has 0 spiro atoms. The van der Waals surface area contributed by atoms with E-state index in [-0.39, 0.29) is 39.3 Å². The van der Waals surface area contributed by atoms with E-state index < -0.39 is 53.0 Å². The average molecular weight is 437 g/mol. The molecule has 0 bridgehead atoms. The second-order valence-electron chi connectivity index (χ2n) is 7.76. The minimum Gasteiger partial charge on any atom is -0.466 e. The van der Waals surface area contributed by atoms with Crippen LogP contribution in [-0.2, 0) is 38.1 Å². The molecule has 4 atom stereocenters. The zero-order valence-electron chi connectivity index (χ0n) is 18.7. The van der Waals surface area contributed by atoms with Crippen molar-refractivity contribution in [3.05, 3.63) is 24.3 Å². The summed E-state index contributed by atoms with van der Waals surface area (Å²) < 4.78 is 20.9. The van der Waals surface area contributed by atoms with E-state index in [2.05, 4.69) is 13.2 Å². The highest BCUT2D eigenvalue weighted by atomic mass is 16.6. The molecular formula is C23H32O8. The Kier molecular flexibility index (Phi) is 8.03. The van der Waals surface area contributed by atoms with Crippen molar-refractivity contribution in [3.8, 4) is 0 Å². The lowest BCUT2D eigenvalue weighted by molar-refractivity contribution is -0.172. The predicted molar refractivity (Wildman–Crippen MR) is 110 cm³/mol. The molecule has 0 amide bonds. The molecule has 0 N–H and O–H groups in total. The van der Waals surface area contributed by atoms with Crippen molar-refractivity contribution in [1.82, 2.24) is 0 Å². The summed E-state index contributed by atoms with van der Waals surface area (Å²) in [5.41, 5.74) is -0.695. The van der Waals surface area contributed by atoms with E-state index in [1.54, 1.807) is 27.7 Å². The summed E-state index contributed by atoms with van der Waals surface area (Å²) >= 11 is 0. The Morgan fingerprint density at radius 1 is 0.774 bits per heavy atom. The predicted octanol–water partition coefficient (Wildman–Crippen LogP) is 2.61. The van der Waals surface area contributed by atoms with Crippen LogP contribution >= 0.6 is 0 Å². The lowest BCUT2D eigenvalue weighted by atomic mass is 9.64. The van der Waals surface area contributed by atoms with Gasteiger partial charge < -0.3 is 18.9 Å². The summed E-state index contributed by atoms with van der Waals surface area (Å²) in [7, 11) is 0. The Hall–Kier alpha value is -2.64. The van der Waals surface area contributed by atoms with Crippen LogP contribution in [0.15, 0.2) is 24.3 Å². The topological polar surface area (TPSA) is 105 Å². The molecule has 0 aromatic rings. The van der Waals surface area contributed by atoms with Gasteiger partial charge in [0, 0.05) is 0 Å². The SMILES string of the molecule is C=C1C(=C)[C@@H]2CC(C(=O)OCC)(C(=O)OCC)C[C@H]2[C@H](C(=O)OCC)[C@@H]1C(=O)OCC. The van der Waals surface area contributed by atoms with Gasteiger partial charge in [0.25, 0.3) is 0 Å². The van der Waals surface area contributed by atoms with Crippen LogP contribution in [0, 0.1) is 29.1 Å². The van der Waals surface area contributed by atoms with Crippen LogP contribution in [-0.4, -0.2) is 50.3 Å². The number of carbonyl (C=O) groups excluding carboxylic acids is 4. The van der Waals surface area contributed by atoms with Crippen LogP contribution in [0.25, 0.3) is 0 Å². The molecule has 2 saturated carbocycles. The molecule has 8 heteroatoms. The smallest absolute Gasteiger partial charge is 0.323 e. The van der Waals surface area contributed by atoms with E-state index in [0.717, 1.165) is 0 Å². The molecule has 172 valence electrons. The van der Waals surface area contributed by atoms with E-state index in [9.17, 15) is 19.2 Å². The fourth-order valence-electron chi connectivity index (χ4n) is 4.84. The van der Waals surface area contributed by atoms with Gasteiger partial charge in [-0.2, -0.15) is 0 Å². The summed E-state index contributed by atoms with van der Waals surface area (Å²) in [6.07, 6.45) is 0.0552. The van der Waals surface area contributed by atoms with Gasteiger partial charge in [-0.05, 0) is 63.5 Å². The molecule has 2 rings (SSSR count). The molecular weight excluding hydrogens is 404 g/mol. The Labute approximate surface area is 182 Å². The Balaban J connectivity index is 2.57. The first kappa shape index (κ1) is 24.6. The average Bonchev–Trinajstić information content (AvgIpc) is 3.13. The van der Waals surface area contributed by atoms with Crippen LogP contribution < -0.4 is 0 Å². The van der Waals surface area contributed by atoms with Crippen molar-refractivity contribution < 1.29 is 38.1 Å². The highest BCUT2D eigenvalue weighted by Crippen LogP contribution is 2.59. The van der Waals surface area contributed by atoms with Crippen LogP contribution in [0.3, 0.4) is 0 Å². The number of esters is 4. The lowest BCUT2D eigenvalue weighted by Crippen LogP contribution is -2.44. The third-order valence-corrected chi connectivity index (χ3v) is 6.16. The molecule has 2 fully saturated rings. The number of fused-ring (bicyclic) bond motifs is 1. The molecule has 8 nitrogen and oxygen atoms in total. The minimum absolute atomic E-state index is 0.0129. The highest BCUT2D eigenvalue weighted by molar-refractivity contribution is 6.01. The molecule has 0 aromatic carbocycles. The Morgan fingerprint density at radius 2 is 1.26 bits per heavy atom. The monoisotopic (exact) mass is 436 g/mol. The summed E-state index contributed by atoms with van der Waals surface area (Å²) in [5.74, 6) is -5.52. The van der Waals surface area contributed by atoms with Crippen molar-refractivity contribution in [3.63, 3.8) is 0 Å². The van der Waals surface area contributed by atoms with Gasteiger partial charge in [-0.3, -0.25) is 19.2 Å². The van der Waals surface area contributed by atoms with Crippen molar-refractivity contribution in [2.24, 2.45) is 29.1 Å². The van der Waals surface area contributed by atoms with Gasteiger partial charge in [0.15, 0.2) is 5.41 Å². The van der Waals surface area contributed by atoms with Crippen molar-refractivity contribution >= 4 is 23.9 Å². The van der Waals surface area contributed by atoms with Gasteiger partial charge in [0.05, 0.1) is 38.3 Å². The number of allylic oxidation sites excluding steroid dienone is 1. The second kappa shape index (κ2) is 10.1. The van der Waals surface area contributed by atoms with Crippen molar-refractivity contribution in [1.29, 1.82) is 0 Å². The van der Waals surface area contributed by atoms with Crippen molar-refractivity contribution in [2.75, 3.05) is 26.4 Å². The molecule has 0 radical (unpaired) electrons. The second-order valence-corrected chi connectivity index (χ2v) is 7.76. The van der Waals surface area contributed by atoms with Gasteiger partial charge in [-0.15, -0.1) is 0 Å². The number of hydrogen-bond donors (Lipinski definition) is 0. The number of rotatable bonds is 8. The maximum absolute atomic E-state index is 13.0.